The Labute approximate surface area is 225 Å². The lowest BCUT2D eigenvalue weighted by Gasteiger charge is -2.14. The van der Waals surface area contributed by atoms with Crippen LogP contribution in [0.5, 0.6) is 11.5 Å². The highest BCUT2D eigenvalue weighted by Gasteiger charge is 2.15. The van der Waals surface area contributed by atoms with Gasteiger partial charge in [0.2, 0.25) is 5.91 Å². The highest BCUT2D eigenvalue weighted by atomic mass is 16.5. The minimum Gasteiger partial charge on any atom is -0.493 e. The van der Waals surface area contributed by atoms with E-state index < -0.39 is 0 Å². The van der Waals surface area contributed by atoms with E-state index in [4.69, 9.17) is 14.6 Å². The zero-order valence-corrected chi connectivity index (χ0v) is 21.8. The Bertz CT molecular complexity index is 1720. The zero-order valence-electron chi connectivity index (χ0n) is 21.8. The first kappa shape index (κ1) is 25.5. The smallest absolute Gasteiger partial charge is 0.258 e. The molecule has 1 amide bonds. The van der Waals surface area contributed by atoms with E-state index in [1.54, 1.807) is 50.2 Å². The molecule has 2 heterocycles. The predicted octanol–water partition coefficient (Wildman–Crippen LogP) is 4.46. The largest absolute Gasteiger partial charge is 0.493 e. The highest BCUT2D eigenvalue weighted by Crippen LogP contribution is 2.33. The molecule has 0 atom stereocenters. The fourth-order valence-electron chi connectivity index (χ4n) is 4.23. The number of aromatic nitrogens is 4. The molecule has 0 spiro atoms. The number of fused-ring (bicyclic) bond motifs is 1. The third-order valence-electron chi connectivity index (χ3n) is 6.25. The third kappa shape index (κ3) is 5.42. The molecule has 2 aromatic heterocycles. The standard InChI is InChI=1S/C30H27N5O4/c1-34(19-27-31-24-12-8-7-11-23(24)30(37)32-27)28(36)16-14-21-18-35(22-9-5-4-6-10-22)33-29(21)20-13-15-25(38-2)26(17-20)39-3/h4-18H,19H2,1-3H3,(H,31,32,37)/b16-14-. The summed E-state index contributed by atoms with van der Waals surface area (Å²) in [6.45, 7) is 0.148. The second-order valence-corrected chi connectivity index (χ2v) is 8.84. The lowest BCUT2D eigenvalue weighted by molar-refractivity contribution is -0.125. The number of benzene rings is 3. The molecule has 0 aliphatic carbocycles. The Morgan fingerprint density at radius 3 is 2.51 bits per heavy atom. The molecule has 39 heavy (non-hydrogen) atoms. The summed E-state index contributed by atoms with van der Waals surface area (Å²) in [7, 11) is 4.82. The van der Waals surface area contributed by atoms with Crippen molar-refractivity contribution in [2.45, 2.75) is 6.54 Å². The summed E-state index contributed by atoms with van der Waals surface area (Å²) in [5.41, 5.74) is 3.45. The fourth-order valence-corrected chi connectivity index (χ4v) is 4.23. The number of likely N-dealkylation sites (N-methyl/N-ethyl adjacent to an activating group) is 1. The maximum Gasteiger partial charge on any atom is 0.258 e. The van der Waals surface area contributed by atoms with Gasteiger partial charge in [-0.05, 0) is 48.5 Å². The van der Waals surface area contributed by atoms with E-state index in [9.17, 15) is 9.59 Å². The van der Waals surface area contributed by atoms with Gasteiger partial charge in [-0.15, -0.1) is 0 Å². The van der Waals surface area contributed by atoms with Crippen LogP contribution < -0.4 is 15.0 Å². The predicted molar refractivity (Wildman–Crippen MR) is 150 cm³/mol. The molecule has 1 N–H and O–H groups in total. The molecule has 0 saturated carbocycles. The number of methoxy groups -OCH3 is 2. The second-order valence-electron chi connectivity index (χ2n) is 8.84. The summed E-state index contributed by atoms with van der Waals surface area (Å²) >= 11 is 0. The number of carbonyl (C=O) groups is 1. The molecule has 0 fully saturated rings. The van der Waals surface area contributed by atoms with Crippen molar-refractivity contribution in [3.8, 4) is 28.4 Å². The van der Waals surface area contributed by atoms with Gasteiger partial charge in [-0.25, -0.2) is 9.67 Å². The SMILES string of the molecule is COc1ccc(-c2nn(-c3ccccc3)cc2/C=C\C(=O)N(C)Cc2nc3ccccc3c(=O)[nH]2)cc1OC. The van der Waals surface area contributed by atoms with Crippen LogP contribution in [0.4, 0.5) is 0 Å². The van der Waals surface area contributed by atoms with Crippen LogP contribution in [0.2, 0.25) is 0 Å². The molecule has 9 heteroatoms. The fraction of sp³-hybridized carbons (Fsp3) is 0.133. The quantitative estimate of drug-likeness (QED) is 0.303. The summed E-state index contributed by atoms with van der Waals surface area (Å²) in [4.78, 5) is 34.2. The molecule has 3 aromatic carbocycles. The molecule has 0 aliphatic heterocycles. The number of amides is 1. The van der Waals surface area contributed by atoms with Gasteiger partial charge in [-0.2, -0.15) is 5.10 Å². The van der Waals surface area contributed by atoms with Crippen molar-refractivity contribution in [1.29, 1.82) is 0 Å². The Morgan fingerprint density at radius 1 is 1.00 bits per heavy atom. The molecule has 0 saturated heterocycles. The van der Waals surface area contributed by atoms with Crippen molar-refractivity contribution in [3.05, 3.63) is 107 Å². The van der Waals surface area contributed by atoms with E-state index in [-0.39, 0.29) is 18.0 Å². The van der Waals surface area contributed by atoms with Crippen molar-refractivity contribution in [2.75, 3.05) is 21.3 Å². The number of nitrogens with zero attached hydrogens (tertiary/aromatic N) is 4. The van der Waals surface area contributed by atoms with Gasteiger partial charge >= 0.3 is 0 Å². The van der Waals surface area contributed by atoms with Crippen LogP contribution in [0.15, 0.2) is 89.9 Å². The van der Waals surface area contributed by atoms with Gasteiger partial charge < -0.3 is 19.4 Å². The van der Waals surface area contributed by atoms with Crippen LogP contribution in [0, 0.1) is 0 Å². The number of nitrogens with one attached hydrogen (secondary N) is 1. The molecule has 0 aliphatic rings. The lowest BCUT2D eigenvalue weighted by Crippen LogP contribution is -2.26. The molecule has 5 rings (SSSR count). The molecule has 9 nitrogen and oxygen atoms in total. The molecule has 5 aromatic rings. The van der Waals surface area contributed by atoms with E-state index in [0.29, 0.717) is 33.9 Å². The van der Waals surface area contributed by atoms with Crippen LogP contribution in [0.25, 0.3) is 33.9 Å². The van der Waals surface area contributed by atoms with Crippen molar-refractivity contribution in [2.24, 2.45) is 0 Å². The first-order chi connectivity index (χ1) is 19.0. The Kier molecular flexibility index (Phi) is 7.22. The summed E-state index contributed by atoms with van der Waals surface area (Å²) in [6, 6.07) is 22.4. The summed E-state index contributed by atoms with van der Waals surface area (Å²) in [5, 5.41) is 5.31. The van der Waals surface area contributed by atoms with Gasteiger partial charge in [-0.1, -0.05) is 30.3 Å². The number of aromatic amines is 1. The number of hydrogen-bond acceptors (Lipinski definition) is 6. The van der Waals surface area contributed by atoms with Crippen LogP contribution in [-0.4, -0.2) is 51.8 Å². The lowest BCUT2D eigenvalue weighted by atomic mass is 10.1. The minimum atomic E-state index is -0.253. The maximum atomic E-state index is 13.0. The van der Waals surface area contributed by atoms with Crippen molar-refractivity contribution in [1.82, 2.24) is 24.6 Å². The first-order valence-electron chi connectivity index (χ1n) is 12.3. The van der Waals surface area contributed by atoms with Gasteiger partial charge in [0.15, 0.2) is 11.5 Å². The van der Waals surface area contributed by atoms with E-state index in [2.05, 4.69) is 9.97 Å². The number of para-hydroxylation sites is 2. The number of hydrogen-bond donors (Lipinski definition) is 1. The normalized spacial score (nSPS) is 11.2. The van der Waals surface area contributed by atoms with E-state index in [1.807, 2.05) is 60.8 Å². The van der Waals surface area contributed by atoms with Gasteiger partial charge in [0.25, 0.3) is 5.56 Å². The number of H-pyrrole nitrogens is 1. The highest BCUT2D eigenvalue weighted by molar-refractivity contribution is 5.92. The van der Waals surface area contributed by atoms with Crippen molar-refractivity contribution < 1.29 is 14.3 Å². The van der Waals surface area contributed by atoms with E-state index in [0.717, 1.165) is 16.8 Å². The maximum absolute atomic E-state index is 13.0. The molecule has 0 unspecified atom stereocenters. The van der Waals surface area contributed by atoms with Crippen LogP contribution in [0.3, 0.4) is 0 Å². The number of carbonyl (C=O) groups excluding carboxylic acids is 1. The number of rotatable bonds is 8. The monoisotopic (exact) mass is 521 g/mol. The molecule has 196 valence electrons. The van der Waals surface area contributed by atoms with Crippen LogP contribution in [-0.2, 0) is 11.3 Å². The minimum absolute atomic E-state index is 0.148. The number of ether oxygens (including phenoxy) is 2. The van der Waals surface area contributed by atoms with E-state index >= 15 is 0 Å². The van der Waals surface area contributed by atoms with Gasteiger partial charge in [0, 0.05) is 30.4 Å². The van der Waals surface area contributed by atoms with Gasteiger partial charge in [-0.3, -0.25) is 9.59 Å². The zero-order chi connectivity index (χ0) is 27.4. The Balaban J connectivity index is 1.44. The Hall–Kier alpha value is -5.18. The average Bonchev–Trinajstić information content (AvgIpc) is 3.40. The van der Waals surface area contributed by atoms with Crippen molar-refractivity contribution in [3.63, 3.8) is 0 Å². The molecular formula is C30H27N5O4. The second kappa shape index (κ2) is 11.1. The van der Waals surface area contributed by atoms with Crippen molar-refractivity contribution >= 4 is 22.9 Å². The van der Waals surface area contributed by atoms with E-state index in [1.165, 1.54) is 11.0 Å². The molecule has 0 radical (unpaired) electrons. The summed E-state index contributed by atoms with van der Waals surface area (Å²) < 4.78 is 12.6. The average molecular weight is 522 g/mol. The van der Waals surface area contributed by atoms with Crippen LogP contribution in [0.1, 0.15) is 11.4 Å². The van der Waals surface area contributed by atoms with Gasteiger partial charge in [0.1, 0.15) is 11.5 Å². The summed E-state index contributed by atoms with van der Waals surface area (Å²) in [5.74, 6) is 1.34. The van der Waals surface area contributed by atoms with Crippen LogP contribution >= 0.6 is 0 Å². The molecular weight excluding hydrogens is 494 g/mol. The topological polar surface area (TPSA) is 102 Å². The first-order valence-corrected chi connectivity index (χ1v) is 12.3. The molecule has 0 bridgehead atoms. The van der Waals surface area contributed by atoms with Gasteiger partial charge in [0.05, 0.1) is 37.4 Å². The Morgan fingerprint density at radius 2 is 1.74 bits per heavy atom. The summed E-state index contributed by atoms with van der Waals surface area (Å²) in [6.07, 6.45) is 5.08. The third-order valence-corrected chi connectivity index (χ3v) is 6.25.